The second kappa shape index (κ2) is 4.99. The molecule has 8 heteroatoms. The highest BCUT2D eigenvalue weighted by atomic mass is 32.2. The highest BCUT2D eigenvalue weighted by Gasteiger charge is 2.30. The van der Waals surface area contributed by atoms with Crippen molar-refractivity contribution in [2.24, 2.45) is 5.73 Å². The monoisotopic (exact) mass is 275 g/mol. The SMILES string of the molecule is CC(C)(CC(N)=O)NS(=O)(=O)c1ncccc1F. The molecule has 0 saturated carbocycles. The number of amides is 1. The van der Waals surface area contributed by atoms with Crippen LogP contribution in [0.2, 0.25) is 0 Å². The second-order valence-corrected chi connectivity index (χ2v) is 6.02. The maximum atomic E-state index is 13.3. The summed E-state index contributed by atoms with van der Waals surface area (Å²) in [5, 5.41) is -0.706. The van der Waals surface area contributed by atoms with Crippen molar-refractivity contribution >= 4 is 15.9 Å². The number of primary amides is 1. The number of aromatic nitrogens is 1. The van der Waals surface area contributed by atoms with Gasteiger partial charge in [-0.05, 0) is 26.0 Å². The molecule has 1 aromatic heterocycles. The molecule has 1 aromatic rings. The van der Waals surface area contributed by atoms with Crippen LogP contribution in [0.5, 0.6) is 0 Å². The molecule has 0 unspecified atom stereocenters. The van der Waals surface area contributed by atoms with Crippen molar-refractivity contribution < 1.29 is 17.6 Å². The minimum absolute atomic E-state index is 0.208. The molecule has 0 aliphatic rings. The highest BCUT2D eigenvalue weighted by molar-refractivity contribution is 7.89. The molecule has 100 valence electrons. The number of carbonyl (C=O) groups is 1. The number of pyridine rings is 1. The van der Waals surface area contributed by atoms with Crippen LogP contribution in [0.3, 0.4) is 0 Å². The number of rotatable bonds is 5. The number of nitrogens with one attached hydrogen (secondary N) is 1. The third kappa shape index (κ3) is 3.74. The van der Waals surface area contributed by atoms with Crippen molar-refractivity contribution in [2.45, 2.75) is 30.8 Å². The van der Waals surface area contributed by atoms with E-state index in [0.29, 0.717) is 0 Å². The number of hydrogen-bond acceptors (Lipinski definition) is 4. The first-order valence-electron chi connectivity index (χ1n) is 5.07. The number of halogens is 1. The van der Waals surface area contributed by atoms with Crippen LogP contribution < -0.4 is 10.5 Å². The maximum Gasteiger partial charge on any atom is 0.261 e. The fourth-order valence-corrected chi connectivity index (χ4v) is 2.87. The van der Waals surface area contributed by atoms with E-state index in [0.717, 1.165) is 6.07 Å². The zero-order chi connectivity index (χ0) is 14.0. The van der Waals surface area contributed by atoms with Crippen molar-refractivity contribution in [3.63, 3.8) is 0 Å². The molecule has 0 bridgehead atoms. The summed E-state index contributed by atoms with van der Waals surface area (Å²) in [5.41, 5.74) is 3.89. The number of nitrogens with two attached hydrogens (primary N) is 1. The van der Waals surface area contributed by atoms with E-state index >= 15 is 0 Å². The van der Waals surface area contributed by atoms with Crippen molar-refractivity contribution in [3.05, 3.63) is 24.1 Å². The lowest BCUT2D eigenvalue weighted by atomic mass is 10.0. The largest absolute Gasteiger partial charge is 0.370 e. The van der Waals surface area contributed by atoms with Crippen LogP contribution in [0.15, 0.2) is 23.4 Å². The molecule has 0 spiro atoms. The fourth-order valence-electron chi connectivity index (χ4n) is 1.45. The Bertz CT molecular complexity index is 557. The Kier molecular flexibility index (Phi) is 4.02. The van der Waals surface area contributed by atoms with Gasteiger partial charge in [0.05, 0.1) is 0 Å². The van der Waals surface area contributed by atoms with Crippen LogP contribution in [0.1, 0.15) is 20.3 Å². The summed E-state index contributed by atoms with van der Waals surface area (Å²) < 4.78 is 39.3. The molecule has 1 amide bonds. The van der Waals surface area contributed by atoms with Crippen LogP contribution in [0.25, 0.3) is 0 Å². The van der Waals surface area contributed by atoms with Gasteiger partial charge in [0.25, 0.3) is 10.0 Å². The third-order valence-electron chi connectivity index (χ3n) is 2.01. The Morgan fingerprint density at radius 2 is 2.17 bits per heavy atom. The Morgan fingerprint density at radius 3 is 2.67 bits per heavy atom. The molecule has 1 rings (SSSR count). The summed E-state index contributed by atoms with van der Waals surface area (Å²) in [6.45, 7) is 2.94. The van der Waals surface area contributed by atoms with Crippen LogP contribution in [0, 0.1) is 5.82 Å². The Labute approximate surface area is 104 Å². The van der Waals surface area contributed by atoms with Gasteiger partial charge in [0, 0.05) is 18.2 Å². The van der Waals surface area contributed by atoms with Gasteiger partial charge >= 0.3 is 0 Å². The minimum Gasteiger partial charge on any atom is -0.370 e. The molecule has 18 heavy (non-hydrogen) atoms. The van der Waals surface area contributed by atoms with E-state index in [1.54, 1.807) is 0 Å². The average Bonchev–Trinajstić information content (AvgIpc) is 2.13. The highest BCUT2D eigenvalue weighted by Crippen LogP contribution is 2.15. The summed E-state index contributed by atoms with van der Waals surface area (Å²) in [6.07, 6.45) is 0.958. The molecule has 6 nitrogen and oxygen atoms in total. The molecule has 0 aliphatic carbocycles. The third-order valence-corrected chi connectivity index (χ3v) is 3.64. The molecule has 1 heterocycles. The zero-order valence-corrected chi connectivity index (χ0v) is 10.8. The summed E-state index contributed by atoms with van der Waals surface area (Å²) in [7, 11) is -4.14. The Hall–Kier alpha value is -1.54. The van der Waals surface area contributed by atoms with Gasteiger partial charge in [-0.1, -0.05) is 0 Å². The number of hydrogen-bond donors (Lipinski definition) is 2. The molecule has 0 radical (unpaired) electrons. The Balaban J connectivity index is 3.03. The standard InChI is InChI=1S/C10H14FN3O3S/c1-10(2,6-8(12)15)14-18(16,17)9-7(11)4-3-5-13-9/h3-5,14H,6H2,1-2H3,(H2,12,15). The van der Waals surface area contributed by atoms with Crippen LogP contribution in [0.4, 0.5) is 4.39 Å². The van der Waals surface area contributed by atoms with Crippen molar-refractivity contribution in [2.75, 3.05) is 0 Å². The summed E-state index contributed by atoms with van der Waals surface area (Å²) in [4.78, 5) is 14.3. The molecule has 3 N–H and O–H groups in total. The molecule has 0 aliphatic heterocycles. The van der Waals surface area contributed by atoms with Gasteiger partial charge in [-0.15, -0.1) is 0 Å². The van der Waals surface area contributed by atoms with Crippen molar-refractivity contribution in [1.29, 1.82) is 0 Å². The quantitative estimate of drug-likeness (QED) is 0.798. The van der Waals surface area contributed by atoms with E-state index in [-0.39, 0.29) is 6.42 Å². The van der Waals surface area contributed by atoms with E-state index in [2.05, 4.69) is 9.71 Å². The summed E-state index contributed by atoms with van der Waals surface area (Å²) in [6, 6.07) is 2.27. The van der Waals surface area contributed by atoms with Gasteiger partial charge in [0.2, 0.25) is 10.9 Å². The minimum atomic E-state index is -4.14. The fraction of sp³-hybridized carbons (Fsp3) is 0.400. The molecule has 0 fully saturated rings. The summed E-state index contributed by atoms with van der Waals surface area (Å²) >= 11 is 0. The van der Waals surface area contributed by atoms with Gasteiger partial charge in [-0.25, -0.2) is 22.5 Å². The Morgan fingerprint density at radius 1 is 1.56 bits per heavy atom. The van der Waals surface area contributed by atoms with Gasteiger partial charge < -0.3 is 5.73 Å². The first kappa shape index (κ1) is 14.5. The second-order valence-electron chi connectivity index (χ2n) is 4.42. The van der Waals surface area contributed by atoms with Crippen molar-refractivity contribution in [3.8, 4) is 0 Å². The molecule has 0 atom stereocenters. The summed E-state index contributed by atoms with van der Waals surface area (Å²) in [5.74, 6) is -1.62. The number of sulfonamides is 1. The lowest BCUT2D eigenvalue weighted by molar-refractivity contribution is -0.119. The lowest BCUT2D eigenvalue weighted by Crippen LogP contribution is -2.46. The normalized spacial score (nSPS) is 12.4. The molecular formula is C10H14FN3O3S. The number of carbonyl (C=O) groups excluding carboxylic acids is 1. The smallest absolute Gasteiger partial charge is 0.261 e. The predicted octanol–water partition coefficient (Wildman–Crippen LogP) is 0.153. The van der Waals surface area contributed by atoms with Gasteiger partial charge in [-0.3, -0.25) is 4.79 Å². The predicted molar refractivity (Wildman–Crippen MR) is 62.4 cm³/mol. The topological polar surface area (TPSA) is 102 Å². The molecular weight excluding hydrogens is 261 g/mol. The van der Waals surface area contributed by atoms with E-state index in [1.807, 2.05) is 0 Å². The average molecular weight is 275 g/mol. The van der Waals surface area contributed by atoms with Gasteiger partial charge in [0.15, 0.2) is 5.82 Å². The van der Waals surface area contributed by atoms with E-state index in [4.69, 9.17) is 5.73 Å². The molecule has 0 saturated heterocycles. The van der Waals surface area contributed by atoms with E-state index < -0.39 is 32.3 Å². The van der Waals surface area contributed by atoms with Gasteiger partial charge in [0.1, 0.15) is 0 Å². The maximum absolute atomic E-state index is 13.3. The van der Waals surface area contributed by atoms with Crippen LogP contribution in [-0.2, 0) is 14.8 Å². The first-order chi connectivity index (χ1) is 8.14. The van der Waals surface area contributed by atoms with Crippen molar-refractivity contribution in [1.82, 2.24) is 9.71 Å². The van der Waals surface area contributed by atoms with E-state index in [9.17, 15) is 17.6 Å². The first-order valence-corrected chi connectivity index (χ1v) is 6.55. The van der Waals surface area contributed by atoms with Crippen LogP contribution >= 0.6 is 0 Å². The van der Waals surface area contributed by atoms with Gasteiger partial charge in [-0.2, -0.15) is 0 Å². The zero-order valence-electron chi connectivity index (χ0n) is 9.97. The van der Waals surface area contributed by atoms with E-state index in [1.165, 1.54) is 26.1 Å². The number of nitrogens with zero attached hydrogens (tertiary/aromatic N) is 1. The molecule has 0 aromatic carbocycles. The lowest BCUT2D eigenvalue weighted by Gasteiger charge is -2.24. The van der Waals surface area contributed by atoms with Crippen LogP contribution in [-0.4, -0.2) is 24.8 Å².